The lowest BCUT2D eigenvalue weighted by Crippen LogP contribution is -2.40. The monoisotopic (exact) mass is 263 g/mol. The van der Waals surface area contributed by atoms with Gasteiger partial charge in [-0.2, -0.15) is 0 Å². The fourth-order valence-corrected chi connectivity index (χ4v) is 4.40. The summed E-state index contributed by atoms with van der Waals surface area (Å²) in [5.41, 5.74) is 0. The van der Waals surface area contributed by atoms with Crippen LogP contribution in [-0.2, 0) is 19.6 Å². The Bertz CT molecular complexity index is 366. The van der Waals surface area contributed by atoms with Crippen molar-refractivity contribution in [2.24, 2.45) is 5.92 Å². The molecule has 0 aliphatic heterocycles. The summed E-state index contributed by atoms with van der Waals surface area (Å²) in [4.78, 5) is 11.5. The lowest BCUT2D eigenvalue weighted by atomic mass is 10.1. The van der Waals surface area contributed by atoms with Gasteiger partial charge in [0.25, 0.3) is 0 Å². The number of carbonyl (C=O) groups excluding carboxylic acids is 1. The van der Waals surface area contributed by atoms with Crippen LogP contribution in [-0.4, -0.2) is 44.6 Å². The third-order valence-electron chi connectivity index (χ3n) is 3.31. The van der Waals surface area contributed by atoms with Crippen molar-refractivity contribution in [1.82, 2.24) is 4.31 Å². The summed E-state index contributed by atoms with van der Waals surface area (Å²) in [6, 6.07) is 0. The maximum atomic E-state index is 12.3. The lowest BCUT2D eigenvalue weighted by Gasteiger charge is -2.24. The largest absolute Gasteiger partial charge is 0.469 e. The molecule has 100 valence electrons. The smallest absolute Gasteiger partial charge is 0.310 e. The van der Waals surface area contributed by atoms with Crippen LogP contribution in [0.4, 0.5) is 0 Å². The molecule has 0 saturated heterocycles. The molecular weight excluding hydrogens is 242 g/mol. The second-order valence-electron chi connectivity index (χ2n) is 4.47. The molecule has 0 aromatic rings. The van der Waals surface area contributed by atoms with E-state index in [1.54, 1.807) is 7.05 Å². The van der Waals surface area contributed by atoms with E-state index in [-0.39, 0.29) is 0 Å². The number of nitrogens with zero attached hydrogens (tertiary/aromatic N) is 1. The van der Waals surface area contributed by atoms with E-state index in [0.29, 0.717) is 19.4 Å². The van der Waals surface area contributed by atoms with Crippen molar-refractivity contribution in [1.29, 1.82) is 0 Å². The minimum Gasteiger partial charge on any atom is -0.469 e. The van der Waals surface area contributed by atoms with Gasteiger partial charge < -0.3 is 4.74 Å². The van der Waals surface area contributed by atoms with E-state index in [4.69, 9.17) is 0 Å². The van der Waals surface area contributed by atoms with Crippen molar-refractivity contribution >= 4 is 16.0 Å². The molecule has 0 amide bonds. The van der Waals surface area contributed by atoms with Gasteiger partial charge in [0.15, 0.2) is 0 Å². The lowest BCUT2D eigenvalue weighted by molar-refractivity contribution is -0.145. The standard InChI is InChI=1S/C11H21NO4S/c1-4-8-12(2)17(14,15)10-7-5-6-9(10)11(13)16-3/h9-10H,4-8H2,1-3H3. The summed E-state index contributed by atoms with van der Waals surface area (Å²) in [7, 11) is -0.492. The number of sulfonamides is 1. The third kappa shape index (κ3) is 2.98. The number of hydrogen-bond acceptors (Lipinski definition) is 4. The van der Waals surface area contributed by atoms with Crippen LogP contribution in [0.25, 0.3) is 0 Å². The molecule has 0 radical (unpaired) electrons. The van der Waals surface area contributed by atoms with E-state index in [1.165, 1.54) is 11.4 Å². The molecule has 0 N–H and O–H groups in total. The van der Waals surface area contributed by atoms with E-state index < -0.39 is 27.2 Å². The topological polar surface area (TPSA) is 63.7 Å². The quantitative estimate of drug-likeness (QED) is 0.694. The second kappa shape index (κ2) is 5.82. The first-order chi connectivity index (χ1) is 7.95. The molecule has 1 saturated carbocycles. The minimum absolute atomic E-state index is 0.402. The second-order valence-corrected chi connectivity index (χ2v) is 6.72. The summed E-state index contributed by atoms with van der Waals surface area (Å²) >= 11 is 0. The molecule has 0 aromatic heterocycles. The Labute approximate surface area is 103 Å². The molecule has 6 heteroatoms. The highest BCUT2D eigenvalue weighted by atomic mass is 32.2. The van der Waals surface area contributed by atoms with Gasteiger partial charge in [0.05, 0.1) is 18.3 Å². The Morgan fingerprint density at radius 3 is 2.59 bits per heavy atom. The van der Waals surface area contributed by atoms with Crippen LogP contribution >= 0.6 is 0 Å². The number of ether oxygens (including phenoxy) is 1. The Balaban J connectivity index is 2.87. The molecule has 0 aromatic carbocycles. The molecule has 17 heavy (non-hydrogen) atoms. The van der Waals surface area contributed by atoms with E-state index in [1.807, 2.05) is 6.92 Å². The van der Waals surface area contributed by atoms with Crippen molar-refractivity contribution in [3.8, 4) is 0 Å². The molecule has 2 unspecified atom stereocenters. The van der Waals surface area contributed by atoms with Crippen LogP contribution in [0.3, 0.4) is 0 Å². The van der Waals surface area contributed by atoms with Crippen molar-refractivity contribution in [3.63, 3.8) is 0 Å². The summed E-state index contributed by atoms with van der Waals surface area (Å²) in [5.74, 6) is -0.898. The van der Waals surface area contributed by atoms with Gasteiger partial charge in [0.1, 0.15) is 0 Å². The Morgan fingerprint density at radius 2 is 2.06 bits per heavy atom. The van der Waals surface area contributed by atoms with Crippen LogP contribution in [0.5, 0.6) is 0 Å². The SMILES string of the molecule is CCCN(C)S(=O)(=O)C1CCCC1C(=O)OC. The van der Waals surface area contributed by atoms with E-state index >= 15 is 0 Å². The highest BCUT2D eigenvalue weighted by molar-refractivity contribution is 7.89. The summed E-state index contributed by atoms with van der Waals surface area (Å²) in [6.07, 6.45) is 2.70. The van der Waals surface area contributed by atoms with E-state index in [2.05, 4.69) is 4.74 Å². The van der Waals surface area contributed by atoms with E-state index in [0.717, 1.165) is 12.8 Å². The summed E-state index contributed by atoms with van der Waals surface area (Å²) in [6.45, 7) is 2.42. The van der Waals surface area contributed by atoms with Crippen molar-refractivity contribution < 1.29 is 17.9 Å². The number of esters is 1. The number of rotatable bonds is 5. The van der Waals surface area contributed by atoms with Gasteiger partial charge in [-0.1, -0.05) is 13.3 Å². The van der Waals surface area contributed by atoms with Crippen LogP contribution < -0.4 is 0 Å². The van der Waals surface area contributed by atoms with Crippen molar-refractivity contribution in [3.05, 3.63) is 0 Å². The van der Waals surface area contributed by atoms with E-state index in [9.17, 15) is 13.2 Å². The van der Waals surface area contributed by atoms with Crippen LogP contribution in [0.15, 0.2) is 0 Å². The Kier molecular flexibility index (Phi) is 4.94. The number of hydrogen-bond donors (Lipinski definition) is 0. The van der Waals surface area contributed by atoms with Crippen LogP contribution in [0.2, 0.25) is 0 Å². The highest BCUT2D eigenvalue weighted by Crippen LogP contribution is 2.33. The van der Waals surface area contributed by atoms with Gasteiger partial charge in [-0.25, -0.2) is 12.7 Å². The average Bonchev–Trinajstić information content (AvgIpc) is 2.77. The fraction of sp³-hybridized carbons (Fsp3) is 0.909. The van der Waals surface area contributed by atoms with Gasteiger partial charge in [0, 0.05) is 13.6 Å². The zero-order valence-electron chi connectivity index (χ0n) is 10.7. The normalized spacial score (nSPS) is 25.2. The first kappa shape index (κ1) is 14.4. The molecule has 0 spiro atoms. The first-order valence-electron chi connectivity index (χ1n) is 5.98. The van der Waals surface area contributed by atoms with Gasteiger partial charge in [-0.15, -0.1) is 0 Å². The van der Waals surface area contributed by atoms with Gasteiger partial charge >= 0.3 is 5.97 Å². The molecule has 1 rings (SSSR count). The molecule has 1 aliphatic rings. The van der Waals surface area contributed by atoms with Crippen molar-refractivity contribution in [2.75, 3.05) is 20.7 Å². The predicted molar refractivity (Wildman–Crippen MR) is 65.0 cm³/mol. The fourth-order valence-electron chi connectivity index (χ4n) is 2.38. The Morgan fingerprint density at radius 1 is 1.41 bits per heavy atom. The van der Waals surface area contributed by atoms with Crippen LogP contribution in [0, 0.1) is 5.92 Å². The zero-order chi connectivity index (χ0) is 13.1. The molecule has 5 nitrogen and oxygen atoms in total. The predicted octanol–water partition coefficient (Wildman–Crippen LogP) is 1.000. The van der Waals surface area contributed by atoms with Crippen LogP contribution in [0.1, 0.15) is 32.6 Å². The molecule has 0 heterocycles. The van der Waals surface area contributed by atoms with Gasteiger partial charge in [-0.05, 0) is 19.3 Å². The maximum absolute atomic E-state index is 12.3. The highest BCUT2D eigenvalue weighted by Gasteiger charge is 2.43. The zero-order valence-corrected chi connectivity index (χ0v) is 11.5. The minimum atomic E-state index is -3.37. The molecule has 1 fully saturated rings. The molecular formula is C11H21NO4S. The molecule has 2 atom stereocenters. The summed E-state index contributed by atoms with van der Waals surface area (Å²) < 4.78 is 30.6. The Hall–Kier alpha value is -0.620. The number of methoxy groups -OCH3 is 1. The third-order valence-corrected chi connectivity index (χ3v) is 5.69. The number of carbonyl (C=O) groups is 1. The average molecular weight is 263 g/mol. The maximum Gasteiger partial charge on any atom is 0.310 e. The molecule has 1 aliphatic carbocycles. The van der Waals surface area contributed by atoms with Gasteiger partial charge in [-0.3, -0.25) is 4.79 Å². The van der Waals surface area contributed by atoms with Gasteiger partial charge in [0.2, 0.25) is 10.0 Å². The summed E-state index contributed by atoms with van der Waals surface area (Å²) in [5, 5.41) is -0.605. The first-order valence-corrected chi connectivity index (χ1v) is 7.48. The molecule has 0 bridgehead atoms. The van der Waals surface area contributed by atoms with Crippen molar-refractivity contribution in [2.45, 2.75) is 37.9 Å².